The third kappa shape index (κ3) is 1.79. The lowest BCUT2D eigenvalue weighted by Crippen LogP contribution is -2.09. The van der Waals surface area contributed by atoms with Crippen molar-refractivity contribution in [3.05, 3.63) is 30.0 Å². The van der Waals surface area contributed by atoms with Crippen LogP contribution in [0, 0.1) is 5.41 Å². The topological polar surface area (TPSA) is 28.7 Å². The monoisotopic (exact) mass is 188 g/mol. The molecule has 0 aliphatic carbocycles. The summed E-state index contributed by atoms with van der Waals surface area (Å²) >= 11 is 0. The Morgan fingerprint density at radius 2 is 1.93 bits per heavy atom. The van der Waals surface area contributed by atoms with Gasteiger partial charge in [0.1, 0.15) is 0 Å². The lowest BCUT2D eigenvalue weighted by Gasteiger charge is -2.16. The van der Waals surface area contributed by atoms with Gasteiger partial charge in [-0.1, -0.05) is 39.0 Å². The molecule has 0 radical (unpaired) electrons. The van der Waals surface area contributed by atoms with Crippen LogP contribution in [-0.2, 0) is 6.42 Å². The molecular weight excluding hydrogens is 172 g/mol. The van der Waals surface area contributed by atoms with Crippen LogP contribution in [0.5, 0.6) is 0 Å². The average molecular weight is 188 g/mol. The van der Waals surface area contributed by atoms with Crippen LogP contribution in [0.25, 0.3) is 10.9 Å². The van der Waals surface area contributed by atoms with Crippen molar-refractivity contribution >= 4 is 10.9 Å². The molecule has 0 bridgehead atoms. The van der Waals surface area contributed by atoms with Crippen LogP contribution in [0.2, 0.25) is 0 Å². The fourth-order valence-electron chi connectivity index (χ4n) is 1.68. The second-order valence-electron chi connectivity index (χ2n) is 4.96. The zero-order valence-corrected chi connectivity index (χ0v) is 8.96. The highest BCUT2D eigenvalue weighted by Crippen LogP contribution is 2.24. The summed E-state index contributed by atoms with van der Waals surface area (Å²) in [5.41, 5.74) is 2.61. The highest BCUT2D eigenvalue weighted by atomic mass is 15.1. The second kappa shape index (κ2) is 3.12. The normalized spacial score (nSPS) is 12.2. The van der Waals surface area contributed by atoms with Gasteiger partial charge < -0.3 is 0 Å². The van der Waals surface area contributed by atoms with Crippen LogP contribution >= 0.6 is 0 Å². The third-order valence-corrected chi connectivity index (χ3v) is 2.25. The van der Waals surface area contributed by atoms with E-state index in [9.17, 15) is 0 Å². The predicted molar refractivity (Wildman–Crippen MR) is 59.3 cm³/mol. The summed E-state index contributed by atoms with van der Waals surface area (Å²) in [6.07, 6.45) is 1.04. The largest absolute Gasteiger partial charge is 0.281 e. The zero-order valence-electron chi connectivity index (χ0n) is 8.96. The minimum Gasteiger partial charge on any atom is -0.281 e. The van der Waals surface area contributed by atoms with Crippen LogP contribution in [0.3, 0.4) is 0 Å². The van der Waals surface area contributed by atoms with Crippen molar-refractivity contribution in [3.8, 4) is 0 Å². The molecule has 74 valence electrons. The standard InChI is InChI=1S/C12H16N2/c1-12(2,3)8-11-9-6-4-5-7-10(9)13-14-11/h4-7H,8H2,1-3H3,(H,13,14). The summed E-state index contributed by atoms with van der Waals surface area (Å²) in [6.45, 7) is 6.72. The minimum atomic E-state index is 0.301. The number of nitrogens with one attached hydrogen (secondary N) is 1. The van der Waals surface area contributed by atoms with E-state index in [4.69, 9.17) is 0 Å². The van der Waals surface area contributed by atoms with Gasteiger partial charge in [-0.25, -0.2) is 0 Å². The maximum Gasteiger partial charge on any atom is 0.0923 e. The molecule has 0 spiro atoms. The number of hydrogen-bond acceptors (Lipinski definition) is 1. The van der Waals surface area contributed by atoms with E-state index in [1.165, 1.54) is 11.1 Å². The van der Waals surface area contributed by atoms with E-state index in [0.717, 1.165) is 11.9 Å². The molecule has 0 amide bonds. The number of fused-ring (bicyclic) bond motifs is 1. The molecule has 1 heterocycles. The number of benzene rings is 1. The van der Waals surface area contributed by atoms with Gasteiger partial charge in [0.05, 0.1) is 5.52 Å². The van der Waals surface area contributed by atoms with E-state index in [2.05, 4.69) is 43.1 Å². The predicted octanol–water partition coefficient (Wildman–Crippen LogP) is 3.15. The van der Waals surface area contributed by atoms with Gasteiger partial charge in [0, 0.05) is 11.1 Å². The van der Waals surface area contributed by atoms with Gasteiger partial charge in [-0.05, 0) is 17.9 Å². The summed E-state index contributed by atoms with van der Waals surface area (Å²) in [4.78, 5) is 0. The summed E-state index contributed by atoms with van der Waals surface area (Å²) in [5, 5.41) is 8.65. The average Bonchev–Trinajstić information content (AvgIpc) is 2.47. The van der Waals surface area contributed by atoms with Gasteiger partial charge in [0.15, 0.2) is 0 Å². The lowest BCUT2D eigenvalue weighted by atomic mass is 9.89. The van der Waals surface area contributed by atoms with E-state index < -0.39 is 0 Å². The quantitative estimate of drug-likeness (QED) is 0.731. The molecule has 0 aliphatic heterocycles. The van der Waals surface area contributed by atoms with Crippen LogP contribution < -0.4 is 0 Å². The van der Waals surface area contributed by atoms with E-state index in [0.29, 0.717) is 5.41 Å². The van der Waals surface area contributed by atoms with E-state index in [1.807, 2.05) is 12.1 Å². The highest BCUT2D eigenvalue weighted by molar-refractivity contribution is 5.81. The van der Waals surface area contributed by atoms with Gasteiger partial charge >= 0.3 is 0 Å². The maximum absolute atomic E-state index is 4.28. The molecule has 2 heteroatoms. The molecule has 0 saturated heterocycles. The van der Waals surface area contributed by atoms with Crippen molar-refractivity contribution < 1.29 is 0 Å². The first-order valence-electron chi connectivity index (χ1n) is 4.98. The first-order valence-corrected chi connectivity index (χ1v) is 4.98. The molecule has 1 N–H and O–H groups in total. The molecule has 0 atom stereocenters. The highest BCUT2D eigenvalue weighted by Gasteiger charge is 2.14. The Kier molecular flexibility index (Phi) is 2.06. The Hall–Kier alpha value is -1.31. The summed E-state index contributed by atoms with van der Waals surface area (Å²) in [7, 11) is 0. The number of para-hydroxylation sites is 1. The lowest BCUT2D eigenvalue weighted by molar-refractivity contribution is 0.407. The molecule has 0 aliphatic rings. The van der Waals surface area contributed by atoms with Crippen molar-refractivity contribution in [2.75, 3.05) is 0 Å². The molecular formula is C12H16N2. The molecule has 2 nitrogen and oxygen atoms in total. The minimum absolute atomic E-state index is 0.301. The maximum atomic E-state index is 4.28. The van der Waals surface area contributed by atoms with Gasteiger partial charge in [-0.3, -0.25) is 5.10 Å². The Morgan fingerprint density at radius 1 is 1.21 bits per heavy atom. The molecule has 2 rings (SSSR count). The number of aromatic amines is 1. The van der Waals surface area contributed by atoms with Gasteiger partial charge in [0.25, 0.3) is 0 Å². The first-order chi connectivity index (χ1) is 6.56. The Balaban J connectivity index is 2.44. The van der Waals surface area contributed by atoms with Crippen molar-refractivity contribution in [2.24, 2.45) is 5.41 Å². The SMILES string of the molecule is CC(C)(C)Cc1[nH]nc2ccccc12. The van der Waals surface area contributed by atoms with Crippen molar-refractivity contribution in [3.63, 3.8) is 0 Å². The van der Waals surface area contributed by atoms with Crippen LogP contribution in [-0.4, -0.2) is 10.2 Å². The molecule has 0 unspecified atom stereocenters. The van der Waals surface area contributed by atoms with Gasteiger partial charge in [0.2, 0.25) is 0 Å². The third-order valence-electron chi connectivity index (χ3n) is 2.25. The Morgan fingerprint density at radius 3 is 2.64 bits per heavy atom. The van der Waals surface area contributed by atoms with Crippen molar-refractivity contribution in [2.45, 2.75) is 27.2 Å². The second-order valence-corrected chi connectivity index (χ2v) is 4.96. The van der Waals surface area contributed by atoms with E-state index in [1.54, 1.807) is 0 Å². The smallest absolute Gasteiger partial charge is 0.0923 e. The fourth-order valence-corrected chi connectivity index (χ4v) is 1.68. The van der Waals surface area contributed by atoms with Crippen molar-refractivity contribution in [1.29, 1.82) is 0 Å². The molecule has 1 aromatic heterocycles. The number of aromatic nitrogens is 2. The molecule has 0 fully saturated rings. The van der Waals surface area contributed by atoms with Crippen LogP contribution in [0.4, 0.5) is 0 Å². The van der Waals surface area contributed by atoms with E-state index >= 15 is 0 Å². The van der Waals surface area contributed by atoms with Gasteiger partial charge in [-0.2, -0.15) is 5.10 Å². The Bertz CT molecular complexity index is 435. The molecule has 0 saturated carbocycles. The first kappa shape index (κ1) is 9.25. The number of rotatable bonds is 1. The summed E-state index contributed by atoms with van der Waals surface area (Å²) < 4.78 is 0. The molecule has 1 aromatic carbocycles. The fraction of sp³-hybridized carbons (Fsp3) is 0.417. The van der Waals surface area contributed by atoms with Gasteiger partial charge in [-0.15, -0.1) is 0 Å². The number of H-pyrrole nitrogens is 1. The van der Waals surface area contributed by atoms with Crippen molar-refractivity contribution in [1.82, 2.24) is 10.2 Å². The summed E-state index contributed by atoms with van der Waals surface area (Å²) in [5.74, 6) is 0. The molecule has 2 aromatic rings. The van der Waals surface area contributed by atoms with Crippen LogP contribution in [0.1, 0.15) is 26.5 Å². The number of nitrogens with zero attached hydrogens (tertiary/aromatic N) is 1. The van der Waals surface area contributed by atoms with E-state index in [-0.39, 0.29) is 0 Å². The van der Waals surface area contributed by atoms with Crippen LogP contribution in [0.15, 0.2) is 24.3 Å². The zero-order chi connectivity index (χ0) is 10.2. The number of hydrogen-bond donors (Lipinski definition) is 1. The summed E-state index contributed by atoms with van der Waals surface area (Å²) in [6, 6.07) is 8.24. The molecule has 14 heavy (non-hydrogen) atoms. The Labute approximate surface area is 84.3 Å².